The van der Waals surface area contributed by atoms with Crippen LogP contribution in [-0.4, -0.2) is 76.6 Å². The van der Waals surface area contributed by atoms with Gasteiger partial charge in [-0.3, -0.25) is 19.2 Å². The molecule has 5 atom stereocenters. The van der Waals surface area contributed by atoms with E-state index in [0.29, 0.717) is 31.4 Å². The first-order chi connectivity index (χ1) is 17.0. The molecule has 0 aliphatic carbocycles. The van der Waals surface area contributed by atoms with Gasteiger partial charge in [-0.25, -0.2) is 4.79 Å². The Labute approximate surface area is 209 Å². The van der Waals surface area contributed by atoms with Crippen molar-refractivity contribution in [3.63, 3.8) is 0 Å². The lowest BCUT2D eigenvalue weighted by Crippen LogP contribution is -2.60. The van der Waals surface area contributed by atoms with E-state index in [2.05, 4.69) is 16.0 Å². The number of hydrogen-bond acceptors (Lipinski definition) is 8. The fourth-order valence-electron chi connectivity index (χ4n) is 3.30. The van der Waals surface area contributed by atoms with E-state index in [1.54, 1.807) is 30.3 Å². The van der Waals surface area contributed by atoms with E-state index in [1.807, 2.05) is 0 Å². The number of rotatable bonds is 16. The Morgan fingerprint density at radius 2 is 1.53 bits per heavy atom. The van der Waals surface area contributed by atoms with Crippen LogP contribution in [0.2, 0.25) is 0 Å². The Balaban J connectivity index is 3.04. The predicted molar refractivity (Wildman–Crippen MR) is 130 cm³/mol. The molecule has 1 rings (SSSR count). The van der Waals surface area contributed by atoms with Crippen LogP contribution < -0.4 is 33.2 Å². The third kappa shape index (κ3) is 10.8. The van der Waals surface area contributed by atoms with Crippen molar-refractivity contribution in [2.75, 3.05) is 6.54 Å². The number of primary amides is 1. The minimum absolute atomic E-state index is 0.0413. The summed E-state index contributed by atoms with van der Waals surface area (Å²) in [5.41, 5.74) is 17.0. The van der Waals surface area contributed by atoms with Gasteiger partial charge in [0.1, 0.15) is 18.1 Å². The van der Waals surface area contributed by atoms with Crippen LogP contribution in [0.1, 0.15) is 38.2 Å². The maximum atomic E-state index is 13.0. The maximum Gasteiger partial charge on any atom is 0.326 e. The van der Waals surface area contributed by atoms with Gasteiger partial charge in [0.2, 0.25) is 23.6 Å². The summed E-state index contributed by atoms with van der Waals surface area (Å²) in [5.74, 6) is -4.86. The second-order valence-electron chi connectivity index (χ2n) is 8.44. The third-order valence-electron chi connectivity index (χ3n) is 5.30. The van der Waals surface area contributed by atoms with Gasteiger partial charge in [-0.05, 0) is 31.9 Å². The maximum absolute atomic E-state index is 13.0. The molecular formula is C23H36N6O7. The molecule has 5 unspecified atom stereocenters. The Hall–Kier alpha value is -3.55. The average molecular weight is 509 g/mol. The molecule has 0 bridgehead atoms. The van der Waals surface area contributed by atoms with Crippen LogP contribution in [0.4, 0.5) is 0 Å². The number of hydrogen-bond donors (Lipinski definition) is 8. The van der Waals surface area contributed by atoms with Gasteiger partial charge in [0.25, 0.3) is 0 Å². The van der Waals surface area contributed by atoms with Crippen molar-refractivity contribution in [1.29, 1.82) is 0 Å². The monoisotopic (exact) mass is 508 g/mol. The SMILES string of the molecule is CC(O)C(NC(=O)C(N)CCCCN)C(=O)NC(Cc1ccccc1)C(=O)NC(CC(N)=O)C(=O)O. The largest absolute Gasteiger partial charge is 0.480 e. The Morgan fingerprint density at radius 3 is 2.06 bits per heavy atom. The second kappa shape index (κ2) is 15.4. The van der Waals surface area contributed by atoms with Crippen LogP contribution in [0.5, 0.6) is 0 Å². The second-order valence-corrected chi connectivity index (χ2v) is 8.44. The fourth-order valence-corrected chi connectivity index (χ4v) is 3.30. The minimum atomic E-state index is -1.61. The highest BCUT2D eigenvalue weighted by Gasteiger charge is 2.32. The van der Waals surface area contributed by atoms with E-state index in [9.17, 15) is 34.2 Å². The summed E-state index contributed by atoms with van der Waals surface area (Å²) in [6.07, 6.45) is -0.433. The number of nitrogens with two attached hydrogens (primary N) is 3. The van der Waals surface area contributed by atoms with Crippen molar-refractivity contribution in [3.05, 3.63) is 35.9 Å². The summed E-state index contributed by atoms with van der Waals surface area (Å²) in [7, 11) is 0. The van der Waals surface area contributed by atoms with Gasteiger partial charge >= 0.3 is 5.97 Å². The van der Waals surface area contributed by atoms with Gasteiger partial charge in [0.15, 0.2) is 0 Å². The zero-order chi connectivity index (χ0) is 27.3. The number of aliphatic hydroxyl groups excluding tert-OH is 1. The highest BCUT2D eigenvalue weighted by atomic mass is 16.4. The first kappa shape index (κ1) is 30.5. The number of carboxylic acid groups (broad SMARTS) is 1. The molecule has 11 N–H and O–H groups in total. The molecule has 0 radical (unpaired) electrons. The zero-order valence-electron chi connectivity index (χ0n) is 20.2. The summed E-state index contributed by atoms with van der Waals surface area (Å²) in [4.78, 5) is 61.0. The van der Waals surface area contributed by atoms with Crippen molar-refractivity contribution in [3.8, 4) is 0 Å². The van der Waals surface area contributed by atoms with Crippen molar-refractivity contribution in [1.82, 2.24) is 16.0 Å². The van der Waals surface area contributed by atoms with Crippen molar-refractivity contribution >= 4 is 29.6 Å². The van der Waals surface area contributed by atoms with Gasteiger partial charge in [0.05, 0.1) is 18.6 Å². The molecule has 0 fully saturated rings. The Bertz CT molecular complexity index is 896. The smallest absolute Gasteiger partial charge is 0.326 e. The normalized spacial score (nSPS) is 15.0. The van der Waals surface area contributed by atoms with Crippen LogP contribution in [0.15, 0.2) is 30.3 Å². The standard InChI is InChI=1S/C23H36N6O7/c1-13(30)19(29-20(32)15(25)9-5-6-10-24)22(34)27-16(11-14-7-3-2-4-8-14)21(33)28-17(23(35)36)12-18(26)31/h2-4,7-8,13,15-17,19,30H,5-6,9-12,24-25H2,1H3,(H2,26,31)(H,27,34)(H,28,33)(H,29,32)(H,35,36). The van der Waals surface area contributed by atoms with Crippen LogP contribution in [0.25, 0.3) is 0 Å². The molecule has 0 aliphatic heterocycles. The molecule has 200 valence electrons. The number of benzene rings is 1. The minimum Gasteiger partial charge on any atom is -0.480 e. The Morgan fingerprint density at radius 1 is 0.917 bits per heavy atom. The number of unbranched alkanes of at least 4 members (excludes halogenated alkanes) is 1. The Kier molecular flexibility index (Phi) is 13.1. The molecule has 0 saturated carbocycles. The van der Waals surface area contributed by atoms with Crippen molar-refractivity contribution in [2.45, 2.75) is 69.3 Å². The summed E-state index contributed by atoms with van der Waals surface area (Å²) in [6, 6.07) is 3.28. The number of aliphatic carboxylic acids is 1. The lowest BCUT2D eigenvalue weighted by Gasteiger charge is -2.26. The molecule has 0 aromatic heterocycles. The molecule has 0 aliphatic rings. The molecule has 36 heavy (non-hydrogen) atoms. The quantitative estimate of drug-likeness (QED) is 0.110. The molecular weight excluding hydrogens is 472 g/mol. The van der Waals surface area contributed by atoms with Crippen LogP contribution in [0, 0.1) is 0 Å². The van der Waals surface area contributed by atoms with Gasteiger partial charge in [-0.2, -0.15) is 0 Å². The highest BCUT2D eigenvalue weighted by molar-refractivity contribution is 5.95. The summed E-state index contributed by atoms with van der Waals surface area (Å²) >= 11 is 0. The van der Waals surface area contributed by atoms with Gasteiger partial charge < -0.3 is 43.4 Å². The van der Waals surface area contributed by atoms with E-state index < -0.39 is 66.3 Å². The zero-order valence-corrected chi connectivity index (χ0v) is 20.2. The van der Waals surface area contributed by atoms with E-state index >= 15 is 0 Å². The van der Waals surface area contributed by atoms with Crippen LogP contribution in [-0.2, 0) is 30.4 Å². The molecule has 0 heterocycles. The van der Waals surface area contributed by atoms with Gasteiger partial charge in [0, 0.05) is 6.42 Å². The number of carbonyl (C=O) groups is 5. The lowest BCUT2D eigenvalue weighted by molar-refractivity contribution is -0.143. The number of aliphatic hydroxyl groups is 1. The van der Waals surface area contributed by atoms with E-state index in [-0.39, 0.29) is 6.42 Å². The van der Waals surface area contributed by atoms with E-state index in [4.69, 9.17) is 17.2 Å². The number of carbonyl (C=O) groups excluding carboxylic acids is 4. The molecule has 1 aromatic carbocycles. The van der Waals surface area contributed by atoms with Crippen molar-refractivity contribution in [2.24, 2.45) is 17.2 Å². The molecule has 13 nitrogen and oxygen atoms in total. The summed E-state index contributed by atoms with van der Waals surface area (Å²) in [6.45, 7) is 1.73. The van der Waals surface area contributed by atoms with Crippen LogP contribution in [0.3, 0.4) is 0 Å². The third-order valence-corrected chi connectivity index (χ3v) is 5.30. The molecule has 4 amide bonds. The number of amides is 4. The molecule has 1 aromatic rings. The van der Waals surface area contributed by atoms with Gasteiger partial charge in [-0.15, -0.1) is 0 Å². The lowest BCUT2D eigenvalue weighted by atomic mass is 10.0. The van der Waals surface area contributed by atoms with Crippen LogP contribution >= 0.6 is 0 Å². The molecule has 13 heteroatoms. The summed E-state index contributed by atoms with van der Waals surface area (Å²) < 4.78 is 0. The fraction of sp³-hybridized carbons (Fsp3) is 0.522. The predicted octanol–water partition coefficient (Wildman–Crippen LogP) is -2.52. The van der Waals surface area contributed by atoms with Crippen molar-refractivity contribution < 1.29 is 34.2 Å². The number of carboxylic acids is 1. The average Bonchev–Trinajstić information content (AvgIpc) is 2.81. The highest BCUT2D eigenvalue weighted by Crippen LogP contribution is 2.07. The van der Waals surface area contributed by atoms with E-state index in [1.165, 1.54) is 6.92 Å². The molecule has 0 spiro atoms. The van der Waals surface area contributed by atoms with E-state index in [0.717, 1.165) is 0 Å². The number of nitrogens with one attached hydrogen (secondary N) is 3. The first-order valence-corrected chi connectivity index (χ1v) is 11.6. The topological polar surface area (TPSA) is 240 Å². The first-order valence-electron chi connectivity index (χ1n) is 11.6. The summed E-state index contributed by atoms with van der Waals surface area (Å²) in [5, 5.41) is 26.5. The molecule has 0 saturated heterocycles. The van der Waals surface area contributed by atoms with Gasteiger partial charge in [-0.1, -0.05) is 36.8 Å².